The van der Waals surface area contributed by atoms with Crippen LogP contribution in [-0.4, -0.2) is 52.7 Å². The van der Waals surface area contributed by atoms with Gasteiger partial charge in [0.2, 0.25) is 0 Å². The first kappa shape index (κ1) is 12.6. The van der Waals surface area contributed by atoms with Crippen molar-refractivity contribution in [2.45, 2.75) is 24.9 Å². The number of carboxylic acids is 1. The van der Waals surface area contributed by atoms with E-state index in [4.69, 9.17) is 9.84 Å². The van der Waals surface area contributed by atoms with Gasteiger partial charge >= 0.3 is 5.97 Å². The zero-order valence-corrected chi connectivity index (χ0v) is 11.1. The lowest BCUT2D eigenvalue weighted by Crippen LogP contribution is -2.48. The number of carbonyl (C=O) groups excluding carboxylic acids is 1. The molecule has 1 saturated carbocycles. The van der Waals surface area contributed by atoms with Crippen LogP contribution in [0, 0.1) is 0 Å². The van der Waals surface area contributed by atoms with Gasteiger partial charge in [-0.15, -0.1) is 11.3 Å². The van der Waals surface area contributed by atoms with E-state index in [0.717, 1.165) is 17.8 Å². The highest BCUT2D eigenvalue weighted by Crippen LogP contribution is 2.41. The van der Waals surface area contributed by atoms with Crippen molar-refractivity contribution >= 4 is 23.2 Å². The van der Waals surface area contributed by atoms with E-state index in [9.17, 15) is 9.59 Å². The lowest BCUT2D eigenvalue weighted by Gasteiger charge is -2.30. The van der Waals surface area contributed by atoms with Gasteiger partial charge in [0, 0.05) is 17.8 Å². The number of carbonyl (C=O) groups is 2. The summed E-state index contributed by atoms with van der Waals surface area (Å²) in [4.78, 5) is 29.0. The van der Waals surface area contributed by atoms with Crippen molar-refractivity contribution in [3.63, 3.8) is 0 Å². The van der Waals surface area contributed by atoms with Gasteiger partial charge in [0.15, 0.2) is 6.10 Å². The Labute approximate surface area is 114 Å². The minimum atomic E-state index is -1.03. The second-order valence-electron chi connectivity index (χ2n) is 4.79. The van der Waals surface area contributed by atoms with Gasteiger partial charge < -0.3 is 14.7 Å². The predicted octanol–water partition coefficient (Wildman–Crippen LogP) is 0.946. The van der Waals surface area contributed by atoms with E-state index in [2.05, 4.69) is 4.98 Å². The summed E-state index contributed by atoms with van der Waals surface area (Å²) in [5, 5.41) is 11.7. The topological polar surface area (TPSA) is 79.7 Å². The summed E-state index contributed by atoms with van der Waals surface area (Å²) >= 11 is 1.51. The predicted molar refractivity (Wildman–Crippen MR) is 67.4 cm³/mol. The van der Waals surface area contributed by atoms with Crippen LogP contribution >= 0.6 is 11.3 Å². The molecule has 0 radical (unpaired) electrons. The molecule has 19 heavy (non-hydrogen) atoms. The van der Waals surface area contributed by atoms with Gasteiger partial charge in [-0.2, -0.15) is 0 Å². The highest BCUT2D eigenvalue weighted by atomic mass is 32.1. The van der Waals surface area contributed by atoms with Gasteiger partial charge in [-0.05, 0) is 12.8 Å². The zero-order valence-electron chi connectivity index (χ0n) is 10.2. The number of morpholine rings is 1. The number of thiazole rings is 1. The van der Waals surface area contributed by atoms with Crippen LogP contribution in [0.1, 0.15) is 34.3 Å². The van der Waals surface area contributed by atoms with Gasteiger partial charge in [-0.3, -0.25) is 4.79 Å². The third-order valence-corrected chi connectivity index (χ3v) is 4.30. The molecule has 2 heterocycles. The number of ether oxygens (including phenoxy) is 1. The van der Waals surface area contributed by atoms with Crippen LogP contribution in [0.5, 0.6) is 0 Å². The first-order valence-electron chi connectivity index (χ1n) is 6.24. The van der Waals surface area contributed by atoms with Gasteiger partial charge in [0.05, 0.1) is 18.2 Å². The summed E-state index contributed by atoms with van der Waals surface area (Å²) in [5.74, 6) is -0.699. The third-order valence-electron chi connectivity index (χ3n) is 3.30. The molecule has 1 atom stereocenters. The van der Waals surface area contributed by atoms with Crippen molar-refractivity contribution in [1.82, 2.24) is 9.88 Å². The molecule has 1 amide bonds. The number of hydrogen-bond acceptors (Lipinski definition) is 5. The average molecular weight is 282 g/mol. The molecule has 2 aliphatic rings. The molecule has 0 bridgehead atoms. The molecule has 1 N–H and O–H groups in total. The molecule has 3 rings (SSSR count). The van der Waals surface area contributed by atoms with Gasteiger partial charge in [-0.1, -0.05) is 0 Å². The molecule has 1 unspecified atom stereocenters. The molecule has 2 fully saturated rings. The van der Waals surface area contributed by atoms with Crippen molar-refractivity contribution in [3.05, 3.63) is 16.1 Å². The van der Waals surface area contributed by atoms with Crippen molar-refractivity contribution in [2.75, 3.05) is 19.7 Å². The quantitative estimate of drug-likeness (QED) is 0.892. The van der Waals surface area contributed by atoms with Crippen LogP contribution in [-0.2, 0) is 9.53 Å². The van der Waals surface area contributed by atoms with Crippen molar-refractivity contribution in [2.24, 2.45) is 0 Å². The number of aliphatic carboxylic acids is 1. The fourth-order valence-corrected chi connectivity index (χ4v) is 3.01. The Morgan fingerprint density at radius 1 is 1.47 bits per heavy atom. The van der Waals surface area contributed by atoms with Crippen molar-refractivity contribution in [1.29, 1.82) is 0 Å². The normalized spacial score (nSPS) is 23.4. The SMILES string of the molecule is O=C(O)C1CN(C(=O)c2csc(C3CC3)n2)CCO1. The van der Waals surface area contributed by atoms with Crippen LogP contribution < -0.4 is 0 Å². The smallest absolute Gasteiger partial charge is 0.334 e. The van der Waals surface area contributed by atoms with E-state index >= 15 is 0 Å². The molecule has 0 spiro atoms. The van der Waals surface area contributed by atoms with E-state index in [-0.39, 0.29) is 19.1 Å². The lowest BCUT2D eigenvalue weighted by molar-refractivity contribution is -0.154. The summed E-state index contributed by atoms with van der Waals surface area (Å²) in [5.41, 5.74) is 0.429. The van der Waals surface area contributed by atoms with Crippen LogP contribution in [0.4, 0.5) is 0 Å². The molecule has 102 valence electrons. The van der Waals surface area contributed by atoms with Crippen LogP contribution in [0.15, 0.2) is 5.38 Å². The van der Waals surface area contributed by atoms with E-state index in [1.165, 1.54) is 16.2 Å². The third kappa shape index (κ3) is 2.62. The maximum Gasteiger partial charge on any atom is 0.334 e. The second-order valence-corrected chi connectivity index (χ2v) is 5.68. The van der Waals surface area contributed by atoms with Crippen molar-refractivity contribution in [3.8, 4) is 0 Å². The summed E-state index contributed by atoms with van der Waals surface area (Å²) in [7, 11) is 0. The minimum absolute atomic E-state index is 0.0878. The fraction of sp³-hybridized carbons (Fsp3) is 0.583. The first-order valence-corrected chi connectivity index (χ1v) is 7.12. The zero-order chi connectivity index (χ0) is 13.4. The second kappa shape index (κ2) is 4.90. The van der Waals surface area contributed by atoms with E-state index in [0.29, 0.717) is 18.2 Å². The Morgan fingerprint density at radius 3 is 2.95 bits per heavy atom. The number of carboxylic acid groups (broad SMARTS) is 1. The number of amides is 1. The largest absolute Gasteiger partial charge is 0.479 e. The molecule has 7 heteroatoms. The van der Waals surface area contributed by atoms with Gasteiger partial charge in [0.1, 0.15) is 5.69 Å². The monoisotopic (exact) mass is 282 g/mol. The molecular formula is C12H14N2O4S. The van der Waals surface area contributed by atoms with Crippen LogP contribution in [0.25, 0.3) is 0 Å². The summed E-state index contributed by atoms with van der Waals surface area (Å²) in [6.45, 7) is 0.756. The summed E-state index contributed by atoms with van der Waals surface area (Å²) in [6, 6.07) is 0. The highest BCUT2D eigenvalue weighted by Gasteiger charge is 2.32. The number of nitrogens with zero attached hydrogens (tertiary/aromatic N) is 2. The number of aromatic nitrogens is 1. The molecular weight excluding hydrogens is 268 g/mol. The average Bonchev–Trinajstić information content (AvgIpc) is 3.16. The fourth-order valence-electron chi connectivity index (χ4n) is 2.05. The Bertz CT molecular complexity index is 512. The lowest BCUT2D eigenvalue weighted by atomic mass is 10.2. The maximum atomic E-state index is 12.2. The molecule has 1 saturated heterocycles. The van der Waals surface area contributed by atoms with Crippen molar-refractivity contribution < 1.29 is 19.4 Å². The van der Waals surface area contributed by atoms with Crippen LogP contribution in [0.3, 0.4) is 0 Å². The molecule has 0 aromatic carbocycles. The first-order chi connectivity index (χ1) is 9.15. The Hall–Kier alpha value is -1.47. The number of rotatable bonds is 3. The molecule has 1 aliphatic carbocycles. The van der Waals surface area contributed by atoms with Gasteiger partial charge in [-0.25, -0.2) is 9.78 Å². The molecule has 1 aromatic rings. The Balaban J connectivity index is 1.69. The molecule has 1 aliphatic heterocycles. The highest BCUT2D eigenvalue weighted by molar-refractivity contribution is 7.10. The number of hydrogen-bond donors (Lipinski definition) is 1. The standard InChI is InChI=1S/C12H14N2O4S/c15-11(8-6-19-10(13-8)7-1-2-7)14-3-4-18-9(5-14)12(16)17/h6-7,9H,1-5H2,(H,16,17). The van der Waals surface area contributed by atoms with Gasteiger partial charge in [0.25, 0.3) is 5.91 Å². The Kier molecular flexibility index (Phi) is 3.24. The minimum Gasteiger partial charge on any atom is -0.479 e. The molecule has 1 aromatic heterocycles. The summed E-state index contributed by atoms with van der Waals surface area (Å²) in [6.07, 6.45) is 1.37. The van der Waals surface area contributed by atoms with E-state index < -0.39 is 12.1 Å². The van der Waals surface area contributed by atoms with Crippen LogP contribution in [0.2, 0.25) is 0 Å². The Morgan fingerprint density at radius 2 is 2.26 bits per heavy atom. The molecule has 6 nitrogen and oxygen atoms in total. The maximum absolute atomic E-state index is 12.2. The summed E-state index contributed by atoms with van der Waals surface area (Å²) < 4.78 is 5.10. The van der Waals surface area contributed by atoms with E-state index in [1.807, 2.05) is 0 Å². The van der Waals surface area contributed by atoms with E-state index in [1.54, 1.807) is 5.38 Å².